The Hall–Kier alpha value is -2.09. The van der Waals surface area contributed by atoms with E-state index >= 15 is 0 Å². The number of aromatic nitrogens is 2. The molecule has 2 heterocycles. The predicted molar refractivity (Wildman–Crippen MR) is 75.9 cm³/mol. The lowest BCUT2D eigenvalue weighted by Crippen LogP contribution is -2.29. The van der Waals surface area contributed by atoms with Crippen molar-refractivity contribution in [2.45, 2.75) is 38.6 Å². The van der Waals surface area contributed by atoms with Gasteiger partial charge in [0.05, 0.1) is 18.8 Å². The number of azide groups is 1. The molecule has 114 valence electrons. The van der Waals surface area contributed by atoms with Crippen molar-refractivity contribution in [3.8, 4) is 0 Å². The lowest BCUT2D eigenvalue weighted by atomic mass is 10.1. The fourth-order valence-corrected chi connectivity index (χ4v) is 2.36. The minimum Gasteiger partial charge on any atom is -0.394 e. The maximum atomic E-state index is 12.1. The van der Waals surface area contributed by atoms with Crippen LogP contribution in [0.4, 0.5) is 5.82 Å². The van der Waals surface area contributed by atoms with Crippen LogP contribution < -0.4 is 11.0 Å². The summed E-state index contributed by atoms with van der Waals surface area (Å²) in [4.78, 5) is 18.8. The van der Waals surface area contributed by atoms with E-state index in [1.54, 1.807) is 6.20 Å². The van der Waals surface area contributed by atoms with E-state index in [2.05, 4.69) is 20.3 Å². The van der Waals surface area contributed by atoms with Crippen molar-refractivity contribution in [2.24, 2.45) is 5.11 Å². The summed E-state index contributed by atoms with van der Waals surface area (Å²) in [7, 11) is 0. The highest BCUT2D eigenvalue weighted by molar-refractivity contribution is 5.41. The largest absolute Gasteiger partial charge is 0.394 e. The number of anilines is 1. The van der Waals surface area contributed by atoms with Gasteiger partial charge in [-0.25, -0.2) is 4.79 Å². The second-order valence-corrected chi connectivity index (χ2v) is 4.81. The number of aryl methyl sites for hydroxylation is 1. The number of aliphatic hydroxyl groups is 1. The Morgan fingerprint density at radius 3 is 3.10 bits per heavy atom. The van der Waals surface area contributed by atoms with Gasteiger partial charge >= 0.3 is 5.69 Å². The zero-order chi connectivity index (χ0) is 15.4. The third-order valence-electron chi connectivity index (χ3n) is 3.37. The van der Waals surface area contributed by atoms with Gasteiger partial charge < -0.3 is 15.2 Å². The molecule has 2 rings (SSSR count). The van der Waals surface area contributed by atoms with Crippen molar-refractivity contribution >= 4 is 5.82 Å². The van der Waals surface area contributed by atoms with E-state index in [0.29, 0.717) is 18.8 Å². The van der Waals surface area contributed by atoms with Crippen LogP contribution in [-0.4, -0.2) is 40.0 Å². The van der Waals surface area contributed by atoms with Crippen molar-refractivity contribution in [3.05, 3.63) is 32.7 Å². The van der Waals surface area contributed by atoms with Crippen LogP contribution in [-0.2, 0) is 4.74 Å². The molecule has 3 atom stereocenters. The monoisotopic (exact) mass is 294 g/mol. The Morgan fingerprint density at radius 1 is 1.71 bits per heavy atom. The van der Waals surface area contributed by atoms with Gasteiger partial charge in [-0.3, -0.25) is 4.57 Å². The van der Waals surface area contributed by atoms with Gasteiger partial charge in [0.2, 0.25) is 0 Å². The van der Waals surface area contributed by atoms with Gasteiger partial charge in [0.15, 0.2) is 0 Å². The minimum atomic E-state index is -0.605. The highest BCUT2D eigenvalue weighted by Gasteiger charge is 2.35. The van der Waals surface area contributed by atoms with Crippen molar-refractivity contribution in [1.82, 2.24) is 9.55 Å². The van der Waals surface area contributed by atoms with Gasteiger partial charge in [-0.05, 0) is 19.4 Å². The van der Waals surface area contributed by atoms with Gasteiger partial charge in [0, 0.05) is 29.6 Å². The van der Waals surface area contributed by atoms with E-state index in [1.165, 1.54) is 4.57 Å². The van der Waals surface area contributed by atoms with Crippen LogP contribution in [0.5, 0.6) is 0 Å². The fourth-order valence-electron chi connectivity index (χ4n) is 2.36. The molecule has 0 saturated carbocycles. The second-order valence-electron chi connectivity index (χ2n) is 4.81. The Bertz CT molecular complexity index is 610. The molecule has 9 heteroatoms. The lowest BCUT2D eigenvalue weighted by Gasteiger charge is -2.16. The first kappa shape index (κ1) is 15.3. The van der Waals surface area contributed by atoms with Crippen molar-refractivity contribution in [3.63, 3.8) is 0 Å². The van der Waals surface area contributed by atoms with E-state index < -0.39 is 24.1 Å². The SMILES string of the molecule is CCNc1nc(=O)n([C@H]2C[C@@H](N=[N+]=[N-])[C@@H](CO)O2)cc1C. The molecule has 1 aliphatic rings. The summed E-state index contributed by atoms with van der Waals surface area (Å²) < 4.78 is 6.95. The van der Waals surface area contributed by atoms with Crippen molar-refractivity contribution < 1.29 is 9.84 Å². The molecular weight excluding hydrogens is 276 g/mol. The number of hydrogen-bond donors (Lipinski definition) is 2. The van der Waals surface area contributed by atoms with Crippen LogP contribution >= 0.6 is 0 Å². The summed E-state index contributed by atoms with van der Waals surface area (Å²) >= 11 is 0. The van der Waals surface area contributed by atoms with Crippen LogP contribution in [0.2, 0.25) is 0 Å². The maximum Gasteiger partial charge on any atom is 0.351 e. The highest BCUT2D eigenvalue weighted by atomic mass is 16.5. The molecule has 1 aromatic rings. The molecule has 0 amide bonds. The van der Waals surface area contributed by atoms with E-state index in [4.69, 9.17) is 10.3 Å². The molecule has 21 heavy (non-hydrogen) atoms. The maximum absolute atomic E-state index is 12.1. The molecule has 9 nitrogen and oxygen atoms in total. The average Bonchev–Trinajstić information content (AvgIpc) is 2.86. The number of nitrogens with zero attached hydrogens (tertiary/aromatic N) is 5. The second kappa shape index (κ2) is 6.57. The smallest absolute Gasteiger partial charge is 0.351 e. The molecule has 0 spiro atoms. The molecule has 0 aromatic carbocycles. The summed E-state index contributed by atoms with van der Waals surface area (Å²) in [6, 6.07) is -0.495. The number of rotatable bonds is 5. The number of nitrogens with one attached hydrogen (secondary N) is 1. The van der Waals surface area contributed by atoms with Crippen molar-refractivity contribution in [2.75, 3.05) is 18.5 Å². The summed E-state index contributed by atoms with van der Waals surface area (Å²) in [6.45, 7) is 4.16. The first-order valence-electron chi connectivity index (χ1n) is 6.74. The average molecular weight is 294 g/mol. The van der Waals surface area contributed by atoms with E-state index in [0.717, 1.165) is 5.56 Å². The summed E-state index contributed by atoms with van der Waals surface area (Å²) in [5.41, 5.74) is 8.89. The molecule has 0 bridgehead atoms. The van der Waals surface area contributed by atoms with E-state index in [1.807, 2.05) is 13.8 Å². The normalized spacial score (nSPS) is 24.6. The van der Waals surface area contributed by atoms with E-state index in [9.17, 15) is 9.90 Å². The Morgan fingerprint density at radius 2 is 2.48 bits per heavy atom. The van der Waals surface area contributed by atoms with Crippen LogP contribution in [0.3, 0.4) is 0 Å². The van der Waals surface area contributed by atoms with E-state index in [-0.39, 0.29) is 6.61 Å². The lowest BCUT2D eigenvalue weighted by molar-refractivity contribution is -0.0270. The van der Waals surface area contributed by atoms with Crippen LogP contribution in [0.25, 0.3) is 10.4 Å². The van der Waals surface area contributed by atoms with Crippen LogP contribution in [0, 0.1) is 6.92 Å². The van der Waals surface area contributed by atoms with Gasteiger partial charge in [0.25, 0.3) is 0 Å². The first-order valence-corrected chi connectivity index (χ1v) is 6.74. The first-order chi connectivity index (χ1) is 10.1. The number of aliphatic hydroxyl groups excluding tert-OH is 1. The molecule has 0 radical (unpaired) electrons. The molecule has 1 aromatic heterocycles. The molecule has 1 saturated heterocycles. The minimum absolute atomic E-state index is 0.267. The Labute approximate surface area is 121 Å². The van der Waals surface area contributed by atoms with Gasteiger partial charge in [-0.15, -0.1) is 0 Å². The quantitative estimate of drug-likeness (QED) is 0.475. The molecule has 0 unspecified atom stereocenters. The van der Waals surface area contributed by atoms with Gasteiger partial charge in [0.1, 0.15) is 12.0 Å². The van der Waals surface area contributed by atoms with Gasteiger partial charge in [-0.1, -0.05) is 5.11 Å². The molecule has 1 fully saturated rings. The zero-order valence-corrected chi connectivity index (χ0v) is 11.9. The van der Waals surface area contributed by atoms with Gasteiger partial charge in [-0.2, -0.15) is 4.98 Å². The summed E-state index contributed by atoms with van der Waals surface area (Å²) in [6.07, 6.45) is 0.792. The molecule has 2 N–H and O–H groups in total. The van der Waals surface area contributed by atoms with Crippen molar-refractivity contribution in [1.29, 1.82) is 0 Å². The number of hydrogen-bond acceptors (Lipinski definition) is 6. The fraction of sp³-hybridized carbons (Fsp3) is 0.667. The molecular formula is C12H18N6O3. The van der Waals surface area contributed by atoms with Crippen LogP contribution in [0.15, 0.2) is 16.1 Å². The third kappa shape index (κ3) is 3.15. The number of ether oxygens (including phenoxy) is 1. The topological polar surface area (TPSA) is 125 Å². The van der Waals surface area contributed by atoms with Crippen LogP contribution in [0.1, 0.15) is 25.1 Å². The molecule has 1 aliphatic heterocycles. The zero-order valence-electron chi connectivity index (χ0n) is 11.9. The predicted octanol–water partition coefficient (Wildman–Crippen LogP) is 0.942. The third-order valence-corrected chi connectivity index (χ3v) is 3.37. The summed E-state index contributed by atoms with van der Waals surface area (Å²) in [5, 5.41) is 15.9. The standard InChI is InChI=1S/C12H18N6O3/c1-3-14-11-7(2)5-18(12(20)15-11)10-4-8(16-17-13)9(6-19)21-10/h5,8-10,19H,3-4,6H2,1-2H3,(H,14,15,20)/t8-,9-,10-/m1/s1. The summed E-state index contributed by atoms with van der Waals surface area (Å²) in [5.74, 6) is 0.544. The highest BCUT2D eigenvalue weighted by Crippen LogP contribution is 2.30. The molecule has 0 aliphatic carbocycles. The Kier molecular flexibility index (Phi) is 4.79. The Balaban J connectivity index is 2.29.